The molecule has 0 spiro atoms. The zero-order valence-electron chi connectivity index (χ0n) is 16.8. The van der Waals surface area contributed by atoms with Gasteiger partial charge in [0.2, 0.25) is 12.0 Å². The highest BCUT2D eigenvalue weighted by atomic mass is 16.5. The maximum Gasteiger partial charge on any atom is 0.341 e. The molecule has 1 fully saturated rings. The molecule has 0 N–H and O–H groups in total. The minimum Gasteiger partial charge on any atom is -0.444 e. The molecule has 0 saturated carbocycles. The van der Waals surface area contributed by atoms with Crippen molar-refractivity contribution in [2.24, 2.45) is 0 Å². The number of amides is 2. The molecule has 0 aromatic heterocycles. The Balaban J connectivity index is 1.92. The molecule has 6 nitrogen and oxygen atoms in total. The molecule has 2 amide bonds. The Hall–Kier alpha value is -3.15. The highest BCUT2D eigenvalue weighted by molar-refractivity contribution is 6.04. The Morgan fingerprint density at radius 1 is 1.03 bits per heavy atom. The van der Waals surface area contributed by atoms with Gasteiger partial charge in [0.25, 0.3) is 5.91 Å². The van der Waals surface area contributed by atoms with Crippen molar-refractivity contribution < 1.29 is 19.1 Å². The van der Waals surface area contributed by atoms with E-state index in [-0.39, 0.29) is 17.4 Å². The van der Waals surface area contributed by atoms with E-state index >= 15 is 0 Å². The first-order valence-electron chi connectivity index (χ1n) is 10.0. The van der Waals surface area contributed by atoms with Gasteiger partial charge in [-0.2, -0.15) is 0 Å². The van der Waals surface area contributed by atoms with Crippen LogP contribution in [0.1, 0.15) is 48.7 Å². The molecule has 1 atom stereocenters. The minimum atomic E-state index is -1.04. The van der Waals surface area contributed by atoms with Gasteiger partial charge in [0.05, 0.1) is 11.3 Å². The van der Waals surface area contributed by atoms with Crippen molar-refractivity contribution in [3.05, 3.63) is 65.7 Å². The number of nitrogens with zero attached hydrogens (tertiary/aromatic N) is 2. The first-order chi connectivity index (χ1) is 14.1. The quantitative estimate of drug-likeness (QED) is 0.673. The first kappa shape index (κ1) is 20.6. The normalized spacial score (nSPS) is 14.6. The summed E-state index contributed by atoms with van der Waals surface area (Å²) in [6, 6.07) is 15.9. The van der Waals surface area contributed by atoms with Gasteiger partial charge >= 0.3 is 5.97 Å². The van der Waals surface area contributed by atoms with E-state index in [9.17, 15) is 14.4 Å². The first-order valence-corrected chi connectivity index (χ1v) is 10.0. The van der Waals surface area contributed by atoms with Gasteiger partial charge in [-0.25, -0.2) is 4.79 Å². The number of rotatable bonds is 7. The lowest BCUT2D eigenvalue weighted by Gasteiger charge is -2.26. The third-order valence-corrected chi connectivity index (χ3v) is 5.11. The molecule has 0 unspecified atom stereocenters. The molecule has 1 heterocycles. The van der Waals surface area contributed by atoms with Gasteiger partial charge in [0.1, 0.15) is 0 Å². The highest BCUT2D eigenvalue weighted by Gasteiger charge is 2.31. The smallest absolute Gasteiger partial charge is 0.341 e. The molecule has 0 aliphatic carbocycles. The summed E-state index contributed by atoms with van der Waals surface area (Å²) in [6.07, 6.45) is 0.192. The second-order valence-electron chi connectivity index (χ2n) is 6.87. The van der Waals surface area contributed by atoms with Gasteiger partial charge < -0.3 is 14.5 Å². The Morgan fingerprint density at radius 3 is 2.31 bits per heavy atom. The summed E-state index contributed by atoms with van der Waals surface area (Å²) in [6.45, 7) is 5.40. The number of carbonyl (C=O) groups excluding carboxylic acids is 3. The van der Waals surface area contributed by atoms with Gasteiger partial charge in [0, 0.05) is 31.6 Å². The summed E-state index contributed by atoms with van der Waals surface area (Å²) < 4.78 is 5.74. The molecule has 1 aliphatic rings. The number of carbonyl (C=O) groups is 3. The Kier molecular flexibility index (Phi) is 6.65. The molecule has 0 radical (unpaired) electrons. The van der Waals surface area contributed by atoms with Gasteiger partial charge in [-0.15, -0.1) is 0 Å². The van der Waals surface area contributed by atoms with Gasteiger partial charge in [-0.3, -0.25) is 9.59 Å². The van der Waals surface area contributed by atoms with Crippen LogP contribution in [0.3, 0.4) is 0 Å². The maximum atomic E-state index is 13.1. The average molecular weight is 394 g/mol. The molecule has 2 aromatic carbocycles. The molecule has 2 aromatic rings. The van der Waals surface area contributed by atoms with E-state index in [1.807, 2.05) is 32.0 Å². The molecule has 29 heavy (non-hydrogen) atoms. The van der Waals surface area contributed by atoms with Gasteiger partial charge in [0.15, 0.2) is 0 Å². The molecule has 0 bridgehead atoms. The predicted octanol–water partition coefficient (Wildman–Crippen LogP) is 3.58. The summed E-state index contributed by atoms with van der Waals surface area (Å²) in [4.78, 5) is 41.6. The molecule has 152 valence electrons. The van der Waals surface area contributed by atoms with Crippen molar-refractivity contribution in [2.45, 2.75) is 32.8 Å². The number of para-hydroxylation sites is 1. The van der Waals surface area contributed by atoms with Gasteiger partial charge in [-0.05, 0) is 32.4 Å². The highest BCUT2D eigenvalue weighted by Crippen LogP contribution is 2.28. The Morgan fingerprint density at radius 2 is 1.69 bits per heavy atom. The maximum absolute atomic E-state index is 13.1. The molecular weight excluding hydrogens is 368 g/mol. The van der Waals surface area contributed by atoms with Crippen LogP contribution < -0.4 is 4.90 Å². The summed E-state index contributed by atoms with van der Waals surface area (Å²) in [5.41, 5.74) is 1.44. The number of esters is 1. The number of benzene rings is 2. The Bertz CT molecular complexity index is 877. The number of ether oxygens (including phenoxy) is 1. The average Bonchev–Trinajstić information content (AvgIpc) is 3.19. The summed E-state index contributed by atoms with van der Waals surface area (Å²) in [5.74, 6) is -0.886. The SMILES string of the molecule is CCN(CC)C(=O)[C@@H](OC(=O)c1ccccc1N1CCCC1=O)c1ccccc1. The van der Waals surface area contributed by atoms with Crippen LogP contribution in [0.4, 0.5) is 5.69 Å². The van der Waals surface area contributed by atoms with E-state index in [1.54, 1.807) is 46.2 Å². The fraction of sp³-hybridized carbons (Fsp3) is 0.348. The molecule has 1 saturated heterocycles. The number of hydrogen-bond donors (Lipinski definition) is 0. The number of anilines is 1. The zero-order chi connectivity index (χ0) is 20.8. The standard InChI is InChI=1S/C23H26N2O4/c1-3-24(4-2)22(27)21(17-11-6-5-7-12-17)29-23(28)18-13-8-9-14-19(18)25-16-10-15-20(25)26/h5-9,11-14,21H,3-4,10,15-16H2,1-2H3/t21-/m0/s1. The van der Waals surface area contributed by atoms with Crippen LogP contribution in [-0.4, -0.2) is 42.3 Å². The molecule has 1 aliphatic heterocycles. The van der Waals surface area contributed by atoms with E-state index in [1.165, 1.54) is 0 Å². The lowest BCUT2D eigenvalue weighted by atomic mass is 10.1. The summed E-state index contributed by atoms with van der Waals surface area (Å²) >= 11 is 0. The van der Waals surface area contributed by atoms with Crippen molar-refractivity contribution in [1.82, 2.24) is 4.90 Å². The van der Waals surface area contributed by atoms with Crippen molar-refractivity contribution in [2.75, 3.05) is 24.5 Å². The van der Waals surface area contributed by atoms with Crippen LogP contribution in [0.15, 0.2) is 54.6 Å². The monoisotopic (exact) mass is 394 g/mol. The topological polar surface area (TPSA) is 66.9 Å². The van der Waals surface area contributed by atoms with E-state index in [2.05, 4.69) is 0 Å². The lowest BCUT2D eigenvalue weighted by molar-refractivity contribution is -0.140. The van der Waals surface area contributed by atoms with Crippen LogP contribution >= 0.6 is 0 Å². The minimum absolute atomic E-state index is 0.0101. The van der Waals surface area contributed by atoms with E-state index in [0.717, 1.165) is 6.42 Å². The zero-order valence-corrected chi connectivity index (χ0v) is 16.8. The Labute approximate surface area is 171 Å². The van der Waals surface area contributed by atoms with E-state index < -0.39 is 12.1 Å². The van der Waals surface area contributed by atoms with E-state index in [0.29, 0.717) is 37.3 Å². The van der Waals surface area contributed by atoms with Crippen molar-refractivity contribution in [1.29, 1.82) is 0 Å². The van der Waals surface area contributed by atoms with Crippen molar-refractivity contribution in [3.63, 3.8) is 0 Å². The predicted molar refractivity (Wildman–Crippen MR) is 111 cm³/mol. The summed E-state index contributed by atoms with van der Waals surface area (Å²) in [5, 5.41) is 0. The van der Waals surface area contributed by atoms with Crippen LogP contribution in [0.5, 0.6) is 0 Å². The van der Waals surface area contributed by atoms with Crippen LogP contribution in [0.2, 0.25) is 0 Å². The largest absolute Gasteiger partial charge is 0.444 e. The van der Waals surface area contributed by atoms with Gasteiger partial charge in [-0.1, -0.05) is 42.5 Å². The number of hydrogen-bond acceptors (Lipinski definition) is 4. The molecule has 6 heteroatoms. The summed E-state index contributed by atoms with van der Waals surface area (Å²) in [7, 11) is 0. The van der Waals surface area contributed by atoms with Crippen LogP contribution in [0.25, 0.3) is 0 Å². The van der Waals surface area contributed by atoms with E-state index in [4.69, 9.17) is 4.74 Å². The fourth-order valence-electron chi connectivity index (χ4n) is 3.54. The third kappa shape index (κ3) is 4.47. The second kappa shape index (κ2) is 9.37. The van der Waals surface area contributed by atoms with Crippen molar-refractivity contribution >= 4 is 23.5 Å². The van der Waals surface area contributed by atoms with Crippen molar-refractivity contribution in [3.8, 4) is 0 Å². The fourth-order valence-corrected chi connectivity index (χ4v) is 3.54. The third-order valence-electron chi connectivity index (χ3n) is 5.11. The van der Waals surface area contributed by atoms with Crippen LogP contribution in [0, 0.1) is 0 Å². The number of likely N-dealkylation sites (N-methyl/N-ethyl adjacent to an activating group) is 1. The second-order valence-corrected chi connectivity index (χ2v) is 6.87. The van der Waals surface area contributed by atoms with Crippen LogP contribution in [-0.2, 0) is 14.3 Å². The lowest BCUT2D eigenvalue weighted by Crippen LogP contribution is -2.37. The molecule has 3 rings (SSSR count). The molecular formula is C23H26N2O4.